The molecule has 0 unspecified atom stereocenters. The van der Waals surface area contributed by atoms with Crippen molar-refractivity contribution >= 4 is 5.65 Å². The fraction of sp³-hybridized carbons (Fsp3) is 0.294. The Bertz CT molecular complexity index is 851. The first-order valence-corrected chi connectivity index (χ1v) is 7.03. The summed E-state index contributed by atoms with van der Waals surface area (Å²) in [6.45, 7) is 6.42. The van der Waals surface area contributed by atoms with Crippen LogP contribution in [0.1, 0.15) is 26.5 Å². The molecule has 0 saturated carbocycles. The minimum absolute atomic E-state index is 0.0785. The van der Waals surface area contributed by atoms with Gasteiger partial charge < -0.3 is 4.57 Å². The summed E-state index contributed by atoms with van der Waals surface area (Å²) in [4.78, 5) is 17.0. The highest BCUT2D eigenvalue weighted by atomic mass is 16.1. The fourth-order valence-electron chi connectivity index (χ4n) is 2.63. The van der Waals surface area contributed by atoms with Crippen LogP contribution < -0.4 is 5.56 Å². The van der Waals surface area contributed by atoms with E-state index in [1.807, 2.05) is 40.9 Å². The molecule has 4 nitrogen and oxygen atoms in total. The van der Waals surface area contributed by atoms with Gasteiger partial charge in [-0.25, -0.2) is 4.98 Å². The fourth-order valence-corrected chi connectivity index (χ4v) is 2.63. The smallest absolute Gasteiger partial charge is 0.293 e. The summed E-state index contributed by atoms with van der Waals surface area (Å²) in [5.74, 6) is 0. The van der Waals surface area contributed by atoms with Crippen LogP contribution in [0, 0.1) is 0 Å². The number of imidazole rings is 1. The van der Waals surface area contributed by atoms with Gasteiger partial charge in [0.15, 0.2) is 0 Å². The van der Waals surface area contributed by atoms with Crippen molar-refractivity contribution in [3.63, 3.8) is 0 Å². The minimum Gasteiger partial charge on any atom is -0.314 e. The van der Waals surface area contributed by atoms with E-state index in [1.165, 1.54) is 0 Å². The van der Waals surface area contributed by atoms with E-state index >= 15 is 0 Å². The molecule has 0 N–H and O–H groups in total. The van der Waals surface area contributed by atoms with Crippen LogP contribution in [0.4, 0.5) is 0 Å². The van der Waals surface area contributed by atoms with Crippen LogP contribution in [-0.2, 0) is 12.5 Å². The molecule has 4 heteroatoms. The SMILES string of the molecule is Cn1ccn2c(C(C)(C)C)c(-c3ccccc3)nc2c1=O. The standard InChI is InChI=1S/C17H19N3O/c1-17(2,3)14-13(12-8-6-5-7-9-12)18-15-16(21)19(4)10-11-20(14)15/h5-11H,1-4H3. The molecule has 1 aromatic carbocycles. The number of rotatable bonds is 1. The van der Waals surface area contributed by atoms with E-state index in [9.17, 15) is 4.79 Å². The molecule has 3 rings (SSSR count). The molecule has 0 saturated heterocycles. The van der Waals surface area contributed by atoms with E-state index in [1.54, 1.807) is 17.8 Å². The van der Waals surface area contributed by atoms with Crippen LogP contribution in [0.15, 0.2) is 47.5 Å². The van der Waals surface area contributed by atoms with Crippen molar-refractivity contribution in [2.24, 2.45) is 7.05 Å². The van der Waals surface area contributed by atoms with Gasteiger partial charge in [0.25, 0.3) is 5.56 Å². The summed E-state index contributed by atoms with van der Waals surface area (Å²) in [6, 6.07) is 10.0. The van der Waals surface area contributed by atoms with Gasteiger partial charge in [0, 0.05) is 30.4 Å². The molecule has 0 fully saturated rings. The average molecular weight is 281 g/mol. The second-order valence-electron chi connectivity index (χ2n) is 6.33. The predicted octanol–water partition coefficient (Wildman–Crippen LogP) is 3.00. The highest BCUT2D eigenvalue weighted by Crippen LogP contribution is 2.32. The lowest BCUT2D eigenvalue weighted by Gasteiger charge is -2.20. The molecule has 0 aliphatic carbocycles. The maximum atomic E-state index is 12.3. The number of aryl methyl sites for hydroxylation is 1. The first-order chi connectivity index (χ1) is 9.89. The zero-order valence-electron chi connectivity index (χ0n) is 12.8. The summed E-state index contributed by atoms with van der Waals surface area (Å²) in [5.41, 5.74) is 3.26. The first kappa shape index (κ1) is 13.6. The van der Waals surface area contributed by atoms with Crippen molar-refractivity contribution in [1.29, 1.82) is 0 Å². The zero-order chi connectivity index (χ0) is 15.2. The van der Waals surface area contributed by atoms with E-state index in [2.05, 4.69) is 25.8 Å². The number of nitrogens with zero attached hydrogens (tertiary/aromatic N) is 3. The van der Waals surface area contributed by atoms with Crippen LogP contribution in [0.2, 0.25) is 0 Å². The van der Waals surface area contributed by atoms with Gasteiger partial charge in [-0.1, -0.05) is 51.1 Å². The Morgan fingerprint density at radius 1 is 1.05 bits per heavy atom. The first-order valence-electron chi connectivity index (χ1n) is 7.03. The van der Waals surface area contributed by atoms with Crippen molar-refractivity contribution in [2.45, 2.75) is 26.2 Å². The third-order valence-corrected chi connectivity index (χ3v) is 3.62. The quantitative estimate of drug-likeness (QED) is 0.688. The summed E-state index contributed by atoms with van der Waals surface area (Å²) in [5, 5.41) is 0. The number of hydrogen-bond donors (Lipinski definition) is 0. The summed E-state index contributed by atoms with van der Waals surface area (Å²) < 4.78 is 3.48. The molecule has 108 valence electrons. The monoisotopic (exact) mass is 281 g/mol. The maximum absolute atomic E-state index is 12.3. The van der Waals surface area contributed by atoms with Crippen LogP contribution >= 0.6 is 0 Å². The summed E-state index contributed by atoms with van der Waals surface area (Å²) in [7, 11) is 1.75. The molecule has 2 heterocycles. The Labute approximate surface area is 123 Å². The van der Waals surface area contributed by atoms with E-state index in [0.29, 0.717) is 5.65 Å². The van der Waals surface area contributed by atoms with Gasteiger partial charge in [-0.3, -0.25) is 9.20 Å². The highest BCUT2D eigenvalue weighted by Gasteiger charge is 2.26. The Morgan fingerprint density at radius 2 is 1.71 bits per heavy atom. The van der Waals surface area contributed by atoms with Gasteiger partial charge in [0.2, 0.25) is 5.65 Å². The lowest BCUT2D eigenvalue weighted by Crippen LogP contribution is -2.21. The van der Waals surface area contributed by atoms with Crippen LogP contribution in [-0.4, -0.2) is 14.0 Å². The molecule has 0 amide bonds. The molecule has 3 aromatic rings. The molecule has 0 aliphatic heterocycles. The van der Waals surface area contributed by atoms with Crippen molar-refractivity contribution in [3.8, 4) is 11.3 Å². The molecule has 0 spiro atoms. The Hall–Kier alpha value is -2.36. The van der Waals surface area contributed by atoms with Crippen LogP contribution in [0.25, 0.3) is 16.9 Å². The van der Waals surface area contributed by atoms with E-state index < -0.39 is 0 Å². The van der Waals surface area contributed by atoms with Gasteiger partial charge in [-0.15, -0.1) is 0 Å². The van der Waals surface area contributed by atoms with Crippen molar-refractivity contribution in [2.75, 3.05) is 0 Å². The topological polar surface area (TPSA) is 39.3 Å². The number of fused-ring (bicyclic) bond motifs is 1. The molecule has 2 aromatic heterocycles. The summed E-state index contributed by atoms with van der Waals surface area (Å²) in [6.07, 6.45) is 3.69. The third kappa shape index (κ3) is 2.17. The average Bonchev–Trinajstić information content (AvgIpc) is 2.84. The molecule has 21 heavy (non-hydrogen) atoms. The van der Waals surface area contributed by atoms with Gasteiger partial charge in [-0.05, 0) is 0 Å². The molecule has 0 atom stereocenters. The van der Waals surface area contributed by atoms with Gasteiger partial charge in [-0.2, -0.15) is 0 Å². The highest BCUT2D eigenvalue weighted by molar-refractivity contribution is 5.67. The molecule has 0 aliphatic rings. The third-order valence-electron chi connectivity index (χ3n) is 3.62. The predicted molar refractivity (Wildman–Crippen MR) is 84.6 cm³/mol. The number of hydrogen-bond acceptors (Lipinski definition) is 2. The van der Waals surface area contributed by atoms with Crippen LogP contribution in [0.3, 0.4) is 0 Å². The second-order valence-corrected chi connectivity index (χ2v) is 6.33. The van der Waals surface area contributed by atoms with Crippen molar-refractivity contribution in [1.82, 2.24) is 14.0 Å². The molecule has 0 radical (unpaired) electrons. The van der Waals surface area contributed by atoms with E-state index in [0.717, 1.165) is 17.0 Å². The summed E-state index contributed by atoms with van der Waals surface area (Å²) >= 11 is 0. The lowest BCUT2D eigenvalue weighted by molar-refractivity contribution is 0.564. The molecule has 0 bridgehead atoms. The normalized spacial score (nSPS) is 12.0. The molecular weight excluding hydrogens is 262 g/mol. The number of aromatic nitrogens is 3. The maximum Gasteiger partial charge on any atom is 0.293 e. The largest absolute Gasteiger partial charge is 0.314 e. The van der Waals surface area contributed by atoms with Gasteiger partial charge in [0.05, 0.1) is 11.4 Å². The van der Waals surface area contributed by atoms with Crippen molar-refractivity contribution in [3.05, 3.63) is 58.8 Å². The minimum atomic E-state index is -0.114. The van der Waals surface area contributed by atoms with Crippen LogP contribution in [0.5, 0.6) is 0 Å². The second kappa shape index (κ2) is 4.58. The zero-order valence-corrected chi connectivity index (χ0v) is 12.8. The van der Waals surface area contributed by atoms with E-state index in [-0.39, 0.29) is 11.0 Å². The van der Waals surface area contributed by atoms with Gasteiger partial charge in [0.1, 0.15) is 0 Å². The number of benzene rings is 1. The van der Waals surface area contributed by atoms with Gasteiger partial charge >= 0.3 is 0 Å². The Balaban J connectivity index is 2.45. The van der Waals surface area contributed by atoms with Crippen molar-refractivity contribution < 1.29 is 0 Å². The lowest BCUT2D eigenvalue weighted by atomic mass is 9.89. The Kier molecular flexibility index (Phi) is 2.97. The van der Waals surface area contributed by atoms with E-state index in [4.69, 9.17) is 0 Å². The Morgan fingerprint density at radius 3 is 2.33 bits per heavy atom. The molecular formula is C17H19N3O.